The molecule has 0 N–H and O–H groups in total. The summed E-state index contributed by atoms with van der Waals surface area (Å²) in [6, 6.07) is 0.471. The molecule has 2 aliphatic rings. The molecule has 2 aromatic rings. The van der Waals surface area contributed by atoms with E-state index >= 15 is 0 Å². The summed E-state index contributed by atoms with van der Waals surface area (Å²) in [5.74, 6) is 2.50. The minimum Gasteiger partial charge on any atom is -0.335 e. The average molecular weight is 332 g/mol. The normalized spacial score (nSPS) is 24.5. The predicted molar refractivity (Wildman–Crippen MR) is 86.0 cm³/mol. The van der Waals surface area contributed by atoms with Crippen LogP contribution in [-0.2, 0) is 20.1 Å². The highest BCUT2D eigenvalue weighted by atomic mass is 15.6. The van der Waals surface area contributed by atoms with Crippen LogP contribution in [0.3, 0.4) is 0 Å². The molecule has 4 rings (SSSR count). The zero-order valence-corrected chi connectivity index (χ0v) is 14.3. The van der Waals surface area contributed by atoms with Crippen LogP contribution >= 0.6 is 0 Å². The minimum absolute atomic E-state index is 0.471. The van der Waals surface area contributed by atoms with Gasteiger partial charge in [-0.05, 0) is 46.0 Å². The summed E-state index contributed by atoms with van der Waals surface area (Å²) in [5.41, 5.74) is 0. The lowest BCUT2D eigenvalue weighted by Crippen LogP contribution is -2.46. The Kier molecular flexibility index (Phi) is 4.13. The highest BCUT2D eigenvalue weighted by Gasteiger charge is 2.40. The van der Waals surface area contributed by atoms with E-state index in [0.717, 1.165) is 50.9 Å². The van der Waals surface area contributed by atoms with Crippen molar-refractivity contribution in [2.75, 3.05) is 24.5 Å². The first-order chi connectivity index (χ1) is 11.8. The molecular formula is C14H24N10. The summed E-state index contributed by atoms with van der Waals surface area (Å²) in [6.07, 6.45) is 3.49. The molecule has 2 atom stereocenters. The van der Waals surface area contributed by atoms with Crippen LogP contribution in [0.4, 0.5) is 5.95 Å². The van der Waals surface area contributed by atoms with Crippen LogP contribution in [0.25, 0.3) is 0 Å². The molecule has 2 aromatic heterocycles. The van der Waals surface area contributed by atoms with Crippen molar-refractivity contribution in [1.29, 1.82) is 0 Å². The van der Waals surface area contributed by atoms with E-state index in [1.165, 1.54) is 12.8 Å². The molecule has 10 nitrogen and oxygen atoms in total. The summed E-state index contributed by atoms with van der Waals surface area (Å²) < 4.78 is 3.69. The van der Waals surface area contributed by atoms with E-state index in [0.29, 0.717) is 12.0 Å². The van der Waals surface area contributed by atoms with E-state index in [1.54, 1.807) is 4.68 Å². The fraction of sp³-hybridized carbons (Fsp3) is 0.857. The first kappa shape index (κ1) is 15.4. The zero-order valence-electron chi connectivity index (χ0n) is 14.3. The van der Waals surface area contributed by atoms with Crippen LogP contribution in [0, 0.1) is 5.92 Å². The van der Waals surface area contributed by atoms with Crippen molar-refractivity contribution >= 4 is 5.95 Å². The number of likely N-dealkylation sites (tertiary alicyclic amines) is 1. The highest BCUT2D eigenvalue weighted by Crippen LogP contribution is 2.33. The van der Waals surface area contributed by atoms with Gasteiger partial charge in [0.25, 0.3) is 0 Å². The fourth-order valence-electron chi connectivity index (χ4n) is 4.04. The molecule has 0 saturated carbocycles. The van der Waals surface area contributed by atoms with Crippen LogP contribution in [0.2, 0.25) is 0 Å². The van der Waals surface area contributed by atoms with Gasteiger partial charge >= 0.3 is 0 Å². The van der Waals surface area contributed by atoms with Crippen LogP contribution < -0.4 is 4.90 Å². The summed E-state index contributed by atoms with van der Waals surface area (Å²) in [4.78, 5) is 4.85. The SMILES string of the molecule is CCCn1nnnc1CN1C[C@@H]2CCCN(c3nnnn3C)[C@@H]2C1. The van der Waals surface area contributed by atoms with Crippen molar-refractivity contribution in [2.24, 2.45) is 13.0 Å². The maximum absolute atomic E-state index is 4.21. The fourth-order valence-corrected chi connectivity index (χ4v) is 4.04. The molecule has 4 heterocycles. The van der Waals surface area contributed by atoms with Gasteiger partial charge in [0.1, 0.15) is 0 Å². The predicted octanol–water partition coefficient (Wildman–Crippen LogP) is -0.293. The Bertz CT molecular complexity index is 679. The van der Waals surface area contributed by atoms with E-state index in [-0.39, 0.29) is 0 Å². The molecule has 2 fully saturated rings. The average Bonchev–Trinajstić information content (AvgIpc) is 3.28. The number of piperidine rings is 1. The highest BCUT2D eigenvalue weighted by molar-refractivity contribution is 5.32. The molecule has 0 aliphatic carbocycles. The van der Waals surface area contributed by atoms with E-state index in [9.17, 15) is 0 Å². The molecule has 130 valence electrons. The Morgan fingerprint density at radius 2 is 2.00 bits per heavy atom. The van der Waals surface area contributed by atoms with E-state index in [1.807, 2.05) is 11.7 Å². The molecule has 0 spiro atoms. The van der Waals surface area contributed by atoms with Crippen molar-refractivity contribution < 1.29 is 0 Å². The van der Waals surface area contributed by atoms with E-state index in [4.69, 9.17) is 0 Å². The number of fused-ring (bicyclic) bond motifs is 1. The molecule has 2 aliphatic heterocycles. The third kappa shape index (κ3) is 2.74. The second-order valence-corrected chi connectivity index (χ2v) is 6.78. The minimum atomic E-state index is 0.471. The molecule has 0 amide bonds. The Morgan fingerprint density at radius 3 is 2.79 bits per heavy atom. The van der Waals surface area contributed by atoms with E-state index < -0.39 is 0 Å². The molecular weight excluding hydrogens is 308 g/mol. The molecule has 10 heteroatoms. The zero-order chi connectivity index (χ0) is 16.5. The van der Waals surface area contributed by atoms with Crippen LogP contribution in [0.15, 0.2) is 0 Å². The molecule has 0 bridgehead atoms. The first-order valence-electron chi connectivity index (χ1n) is 8.72. The van der Waals surface area contributed by atoms with Gasteiger partial charge in [-0.1, -0.05) is 12.0 Å². The van der Waals surface area contributed by atoms with Gasteiger partial charge in [0.05, 0.1) is 6.54 Å². The topological polar surface area (TPSA) is 93.7 Å². The molecule has 0 aromatic carbocycles. The number of nitrogens with zero attached hydrogens (tertiary/aromatic N) is 10. The van der Waals surface area contributed by atoms with Gasteiger partial charge in [-0.2, -0.15) is 0 Å². The van der Waals surface area contributed by atoms with Crippen molar-refractivity contribution in [2.45, 2.75) is 45.3 Å². The van der Waals surface area contributed by atoms with Gasteiger partial charge in [0.2, 0.25) is 5.95 Å². The lowest BCUT2D eigenvalue weighted by molar-refractivity contribution is 0.297. The van der Waals surface area contributed by atoms with Crippen LogP contribution in [0.1, 0.15) is 32.0 Å². The molecule has 2 saturated heterocycles. The Morgan fingerprint density at radius 1 is 1.12 bits per heavy atom. The third-order valence-electron chi connectivity index (χ3n) is 5.12. The van der Waals surface area contributed by atoms with Gasteiger partial charge in [0.15, 0.2) is 5.82 Å². The number of aromatic nitrogens is 8. The van der Waals surface area contributed by atoms with Crippen molar-refractivity contribution in [3.8, 4) is 0 Å². The number of rotatable bonds is 5. The number of hydrogen-bond acceptors (Lipinski definition) is 8. The maximum Gasteiger partial charge on any atom is 0.245 e. The second-order valence-electron chi connectivity index (χ2n) is 6.78. The van der Waals surface area contributed by atoms with Gasteiger partial charge in [0, 0.05) is 39.3 Å². The number of tetrazole rings is 2. The molecule has 0 radical (unpaired) electrons. The van der Waals surface area contributed by atoms with Crippen LogP contribution in [0.5, 0.6) is 0 Å². The van der Waals surface area contributed by atoms with Crippen molar-refractivity contribution in [3.05, 3.63) is 5.82 Å². The summed E-state index contributed by atoms with van der Waals surface area (Å²) in [5, 5.41) is 24.1. The monoisotopic (exact) mass is 332 g/mol. The molecule has 24 heavy (non-hydrogen) atoms. The smallest absolute Gasteiger partial charge is 0.245 e. The first-order valence-corrected chi connectivity index (χ1v) is 8.72. The third-order valence-corrected chi connectivity index (χ3v) is 5.12. The summed E-state index contributed by atoms with van der Waals surface area (Å²) in [7, 11) is 1.91. The van der Waals surface area contributed by atoms with Gasteiger partial charge in [-0.25, -0.2) is 9.36 Å². The second kappa shape index (κ2) is 6.42. The van der Waals surface area contributed by atoms with Crippen molar-refractivity contribution in [3.63, 3.8) is 0 Å². The van der Waals surface area contributed by atoms with Crippen LogP contribution in [-0.4, -0.2) is 71.0 Å². The maximum atomic E-state index is 4.21. The summed E-state index contributed by atoms with van der Waals surface area (Å²) >= 11 is 0. The van der Waals surface area contributed by atoms with Gasteiger partial charge in [-0.15, -0.1) is 5.10 Å². The van der Waals surface area contributed by atoms with Gasteiger partial charge in [-0.3, -0.25) is 4.90 Å². The Labute approximate surface area is 140 Å². The number of aryl methyl sites for hydroxylation is 2. The summed E-state index contributed by atoms with van der Waals surface area (Å²) in [6.45, 7) is 6.95. The van der Waals surface area contributed by atoms with Gasteiger partial charge < -0.3 is 4.90 Å². The standard InChI is InChI=1S/C14H24N10/c1-3-6-24-13(15-17-20-24)10-22-8-11-5-4-7-23(12(11)9-22)14-16-18-19-21(14)2/h11-12H,3-10H2,1-2H3/t11-,12+/m0/s1. The number of hydrogen-bond donors (Lipinski definition) is 0. The Balaban J connectivity index is 1.48. The van der Waals surface area contributed by atoms with Crippen molar-refractivity contribution in [1.82, 2.24) is 45.3 Å². The lowest BCUT2D eigenvalue weighted by Gasteiger charge is -2.36. The largest absolute Gasteiger partial charge is 0.335 e. The Hall–Kier alpha value is -2.10. The number of anilines is 1. The lowest BCUT2D eigenvalue weighted by atomic mass is 9.92. The molecule has 0 unspecified atom stereocenters. The quantitative estimate of drug-likeness (QED) is 0.737. The van der Waals surface area contributed by atoms with E-state index in [2.05, 4.69) is 47.8 Å².